The molecular formula is C12H13NO5. The molecule has 0 aromatic rings. The first-order chi connectivity index (χ1) is 8.56. The lowest BCUT2D eigenvalue weighted by molar-refractivity contribution is -0.216. The molecule has 6 heteroatoms. The summed E-state index contributed by atoms with van der Waals surface area (Å²) >= 11 is 0. The Hall–Kier alpha value is -1.69. The van der Waals surface area contributed by atoms with Gasteiger partial charge in [0.15, 0.2) is 5.78 Å². The highest BCUT2D eigenvalue weighted by atomic mass is 16.8. The van der Waals surface area contributed by atoms with Crippen LogP contribution in [0.2, 0.25) is 0 Å². The van der Waals surface area contributed by atoms with Crippen LogP contribution in [0.3, 0.4) is 0 Å². The van der Waals surface area contributed by atoms with E-state index in [0.29, 0.717) is 25.1 Å². The molecule has 0 aliphatic carbocycles. The molecule has 0 aromatic carbocycles. The van der Waals surface area contributed by atoms with E-state index in [1.807, 2.05) is 0 Å². The van der Waals surface area contributed by atoms with E-state index in [0.717, 1.165) is 6.42 Å². The van der Waals surface area contributed by atoms with Gasteiger partial charge in [-0.1, -0.05) is 6.92 Å². The number of rotatable bonds is 2. The molecule has 2 atom stereocenters. The van der Waals surface area contributed by atoms with Crippen molar-refractivity contribution in [2.75, 3.05) is 13.1 Å². The van der Waals surface area contributed by atoms with Crippen molar-refractivity contribution in [3.63, 3.8) is 0 Å². The molecule has 2 unspecified atom stereocenters. The minimum atomic E-state index is -1.43. The fraction of sp³-hybridized carbons (Fsp3) is 0.583. The fourth-order valence-corrected chi connectivity index (χ4v) is 2.81. The van der Waals surface area contributed by atoms with Crippen LogP contribution in [0.4, 0.5) is 0 Å². The molecule has 0 aromatic heterocycles. The largest absolute Gasteiger partial charge is 0.422 e. The zero-order chi connectivity index (χ0) is 12.9. The van der Waals surface area contributed by atoms with Crippen molar-refractivity contribution in [2.24, 2.45) is 5.92 Å². The number of esters is 2. The summed E-state index contributed by atoms with van der Waals surface area (Å²) in [6.45, 7) is 3.11. The van der Waals surface area contributed by atoms with Crippen LogP contribution < -0.4 is 0 Å². The first kappa shape index (κ1) is 11.4. The van der Waals surface area contributed by atoms with Gasteiger partial charge in [0.05, 0.1) is 0 Å². The number of piperidine rings is 1. The van der Waals surface area contributed by atoms with Crippen LogP contribution in [0.5, 0.6) is 0 Å². The Kier molecular flexibility index (Phi) is 2.31. The third kappa shape index (κ3) is 1.35. The van der Waals surface area contributed by atoms with E-state index in [1.165, 1.54) is 6.08 Å². The van der Waals surface area contributed by atoms with Crippen molar-refractivity contribution in [2.45, 2.75) is 25.7 Å². The van der Waals surface area contributed by atoms with Gasteiger partial charge in [0, 0.05) is 31.0 Å². The Balaban J connectivity index is 2.01. The first-order valence-corrected chi connectivity index (χ1v) is 6.03. The third-order valence-electron chi connectivity index (χ3n) is 3.70. The zero-order valence-corrected chi connectivity index (χ0v) is 9.97. The fourth-order valence-electron chi connectivity index (χ4n) is 2.81. The second kappa shape index (κ2) is 3.65. The molecule has 2 bridgehead atoms. The van der Waals surface area contributed by atoms with Gasteiger partial charge in [0.2, 0.25) is 0 Å². The van der Waals surface area contributed by atoms with Gasteiger partial charge in [0.25, 0.3) is 0 Å². The average Bonchev–Trinajstić information content (AvgIpc) is 2.98. The van der Waals surface area contributed by atoms with Gasteiger partial charge in [-0.3, -0.25) is 4.79 Å². The molecule has 3 heterocycles. The number of ether oxygens (including phenoxy) is 2. The summed E-state index contributed by atoms with van der Waals surface area (Å²) in [5, 5.41) is 0. The normalized spacial score (nSPS) is 34.2. The molecule has 18 heavy (non-hydrogen) atoms. The summed E-state index contributed by atoms with van der Waals surface area (Å²) in [5.41, 5.74) is 0.611. The quantitative estimate of drug-likeness (QED) is 0.390. The first-order valence-electron chi connectivity index (χ1n) is 6.03. The van der Waals surface area contributed by atoms with E-state index >= 15 is 0 Å². The van der Waals surface area contributed by atoms with E-state index in [2.05, 4.69) is 0 Å². The molecule has 0 saturated carbocycles. The smallest absolute Gasteiger partial charge is 0.396 e. The van der Waals surface area contributed by atoms with Crippen LogP contribution >= 0.6 is 0 Å². The minimum Gasteiger partial charge on any atom is -0.396 e. The second-order valence-corrected chi connectivity index (χ2v) is 4.71. The van der Waals surface area contributed by atoms with E-state index in [9.17, 15) is 14.4 Å². The maximum Gasteiger partial charge on any atom is 0.422 e. The average molecular weight is 251 g/mol. The predicted molar refractivity (Wildman–Crippen MR) is 58.0 cm³/mol. The van der Waals surface area contributed by atoms with Crippen LogP contribution in [0.15, 0.2) is 11.6 Å². The Morgan fingerprint density at radius 2 is 2.11 bits per heavy atom. The van der Waals surface area contributed by atoms with Crippen molar-refractivity contribution >= 4 is 17.7 Å². The number of nitrogens with zero attached hydrogens (tertiary/aromatic N) is 1. The summed E-state index contributed by atoms with van der Waals surface area (Å²) in [6.07, 6.45) is 2.73. The summed E-state index contributed by atoms with van der Waals surface area (Å²) in [7, 11) is 0. The number of carbonyl (C=O) groups is 3. The molecule has 0 amide bonds. The lowest BCUT2D eigenvalue weighted by Gasteiger charge is -2.33. The summed E-state index contributed by atoms with van der Waals surface area (Å²) in [5.74, 6) is -3.34. The van der Waals surface area contributed by atoms with Crippen molar-refractivity contribution in [3.8, 4) is 0 Å². The van der Waals surface area contributed by atoms with Crippen molar-refractivity contribution < 1.29 is 23.9 Å². The SMILES string of the molecule is CCC(=O)/C=C1\C2CCN(C2)C12OC(=O)C(=O)O2. The Morgan fingerprint density at radius 1 is 1.44 bits per heavy atom. The van der Waals surface area contributed by atoms with Crippen LogP contribution in [-0.2, 0) is 23.9 Å². The van der Waals surface area contributed by atoms with Gasteiger partial charge in [-0.15, -0.1) is 0 Å². The maximum absolute atomic E-state index is 11.6. The Morgan fingerprint density at radius 3 is 2.72 bits per heavy atom. The summed E-state index contributed by atoms with van der Waals surface area (Å²) < 4.78 is 10.2. The van der Waals surface area contributed by atoms with Gasteiger partial charge in [-0.2, -0.15) is 0 Å². The summed E-state index contributed by atoms with van der Waals surface area (Å²) in [4.78, 5) is 35.9. The van der Waals surface area contributed by atoms with Crippen molar-refractivity contribution in [1.29, 1.82) is 0 Å². The number of ketones is 1. The number of fused-ring (bicyclic) bond motifs is 3. The Bertz CT molecular complexity index is 465. The van der Waals surface area contributed by atoms with Crippen LogP contribution in [-0.4, -0.2) is 41.6 Å². The van der Waals surface area contributed by atoms with Crippen LogP contribution in [0.25, 0.3) is 0 Å². The zero-order valence-electron chi connectivity index (χ0n) is 9.97. The van der Waals surface area contributed by atoms with Crippen molar-refractivity contribution in [1.82, 2.24) is 4.90 Å². The van der Waals surface area contributed by atoms with E-state index < -0.39 is 17.8 Å². The highest BCUT2D eigenvalue weighted by Crippen LogP contribution is 2.48. The van der Waals surface area contributed by atoms with Gasteiger partial charge in [-0.05, 0) is 12.5 Å². The molecule has 96 valence electrons. The molecule has 1 spiro atoms. The molecule has 0 radical (unpaired) electrons. The van der Waals surface area contributed by atoms with E-state index in [1.54, 1.807) is 11.8 Å². The molecular weight excluding hydrogens is 238 g/mol. The van der Waals surface area contributed by atoms with Crippen LogP contribution in [0, 0.1) is 5.92 Å². The van der Waals surface area contributed by atoms with Gasteiger partial charge in [-0.25, -0.2) is 14.5 Å². The van der Waals surface area contributed by atoms with Gasteiger partial charge < -0.3 is 9.47 Å². The molecule has 3 aliphatic rings. The van der Waals surface area contributed by atoms with E-state index in [-0.39, 0.29) is 11.7 Å². The highest BCUT2D eigenvalue weighted by Gasteiger charge is 2.64. The Labute approximate surface area is 104 Å². The third-order valence-corrected chi connectivity index (χ3v) is 3.70. The lowest BCUT2D eigenvalue weighted by atomic mass is 9.94. The van der Waals surface area contributed by atoms with Crippen LogP contribution in [0.1, 0.15) is 19.8 Å². The van der Waals surface area contributed by atoms with Crippen molar-refractivity contribution in [3.05, 3.63) is 11.6 Å². The molecule has 3 aliphatic heterocycles. The molecule has 0 N–H and O–H groups in total. The van der Waals surface area contributed by atoms with Gasteiger partial charge in [0.1, 0.15) is 0 Å². The second-order valence-electron chi connectivity index (χ2n) is 4.71. The molecule has 3 saturated heterocycles. The molecule has 3 fully saturated rings. The summed E-state index contributed by atoms with van der Waals surface area (Å²) in [6, 6.07) is 0. The number of carbonyl (C=O) groups excluding carboxylic acids is 3. The minimum absolute atomic E-state index is 0.0582. The predicted octanol–water partition coefficient (Wildman–Crippen LogP) is -0.0188. The monoisotopic (exact) mass is 251 g/mol. The standard InChI is InChI=1S/C12H13NO5/c1-2-8(14)5-9-7-3-4-13(6-7)12(9)17-10(15)11(16)18-12/h5,7H,2-4,6H2,1H3/b9-5+. The maximum atomic E-state index is 11.6. The topological polar surface area (TPSA) is 72.9 Å². The lowest BCUT2D eigenvalue weighted by Crippen LogP contribution is -2.47. The number of allylic oxidation sites excluding steroid dienone is 1. The molecule has 6 nitrogen and oxygen atoms in total. The molecule has 3 rings (SSSR count). The number of hydrogen-bond acceptors (Lipinski definition) is 6. The highest BCUT2D eigenvalue weighted by molar-refractivity contribution is 6.31. The van der Waals surface area contributed by atoms with Gasteiger partial charge >= 0.3 is 17.8 Å². The number of hydrogen-bond donors (Lipinski definition) is 0. The van der Waals surface area contributed by atoms with E-state index in [4.69, 9.17) is 9.47 Å².